The average Bonchev–Trinajstić information content (AvgIpc) is 3.01. The minimum Gasteiger partial charge on any atom is -0.346 e. The fourth-order valence-corrected chi connectivity index (χ4v) is 4.29. The Labute approximate surface area is 245 Å². The van der Waals surface area contributed by atoms with Crippen molar-refractivity contribution in [3.8, 4) is 0 Å². The van der Waals surface area contributed by atoms with E-state index in [1.165, 1.54) is 0 Å². The Kier molecular flexibility index (Phi) is 10.2. The summed E-state index contributed by atoms with van der Waals surface area (Å²) >= 11 is 0. The molecule has 42 heavy (non-hydrogen) atoms. The number of hydrogen-bond donors (Lipinski definition) is 4. The standard InChI is InChI=1S/C34H34N4O4/c1-23(25-9-5-3-6-10-25)35-33(41)27-13-17-29(18-14-27)37-31(39)21-22-32(40)38-30-19-15-28(16-20-30)34(42)36-24(2)26-11-7-4-8-12-26/h3-20,23-24H,21-22H2,1-2H3,(H,35,41)(H,36,42)(H,37,39)(H,38,40). The molecular weight excluding hydrogens is 528 g/mol. The molecule has 8 nitrogen and oxygen atoms in total. The van der Waals surface area contributed by atoms with E-state index in [9.17, 15) is 19.2 Å². The molecule has 0 heterocycles. The summed E-state index contributed by atoms with van der Waals surface area (Å²) < 4.78 is 0. The number of benzene rings is 4. The second-order valence-electron chi connectivity index (χ2n) is 9.96. The van der Waals surface area contributed by atoms with Gasteiger partial charge in [-0.2, -0.15) is 0 Å². The fourth-order valence-electron chi connectivity index (χ4n) is 4.29. The number of carbonyl (C=O) groups is 4. The van der Waals surface area contributed by atoms with Gasteiger partial charge in [-0.25, -0.2) is 0 Å². The smallest absolute Gasteiger partial charge is 0.251 e. The molecule has 0 radical (unpaired) electrons. The van der Waals surface area contributed by atoms with Gasteiger partial charge in [0.2, 0.25) is 11.8 Å². The van der Waals surface area contributed by atoms with Crippen LogP contribution >= 0.6 is 0 Å². The van der Waals surface area contributed by atoms with Crippen molar-refractivity contribution in [2.75, 3.05) is 10.6 Å². The molecule has 0 aliphatic carbocycles. The minimum atomic E-state index is -0.320. The molecule has 0 fully saturated rings. The van der Waals surface area contributed by atoms with E-state index in [4.69, 9.17) is 0 Å². The van der Waals surface area contributed by atoms with Gasteiger partial charge in [0, 0.05) is 35.3 Å². The molecule has 0 aromatic heterocycles. The van der Waals surface area contributed by atoms with E-state index in [-0.39, 0.29) is 48.6 Å². The zero-order valence-electron chi connectivity index (χ0n) is 23.6. The van der Waals surface area contributed by atoms with Crippen LogP contribution in [-0.2, 0) is 9.59 Å². The molecule has 4 N–H and O–H groups in total. The van der Waals surface area contributed by atoms with Gasteiger partial charge < -0.3 is 21.3 Å². The molecule has 4 aromatic rings. The van der Waals surface area contributed by atoms with Crippen molar-refractivity contribution in [2.24, 2.45) is 0 Å². The third kappa shape index (κ3) is 8.63. The van der Waals surface area contributed by atoms with Crippen molar-refractivity contribution >= 4 is 35.0 Å². The molecule has 214 valence electrons. The summed E-state index contributed by atoms with van der Waals surface area (Å²) in [7, 11) is 0. The van der Waals surface area contributed by atoms with Gasteiger partial charge in [0.05, 0.1) is 12.1 Å². The fraction of sp³-hybridized carbons (Fsp3) is 0.176. The molecule has 0 spiro atoms. The zero-order valence-corrected chi connectivity index (χ0v) is 23.6. The first-order chi connectivity index (χ1) is 20.3. The molecule has 2 unspecified atom stereocenters. The van der Waals surface area contributed by atoms with Crippen LogP contribution in [-0.4, -0.2) is 23.6 Å². The largest absolute Gasteiger partial charge is 0.346 e. The summed E-state index contributed by atoms with van der Waals surface area (Å²) in [5.74, 6) is -1.06. The second kappa shape index (κ2) is 14.4. The van der Waals surface area contributed by atoms with Crippen LogP contribution in [0.3, 0.4) is 0 Å². The molecule has 4 amide bonds. The Hall–Kier alpha value is -5.24. The molecule has 4 rings (SSSR count). The number of rotatable bonds is 11. The normalized spacial score (nSPS) is 12.0. The first-order valence-electron chi connectivity index (χ1n) is 13.8. The Bertz CT molecular complexity index is 1390. The van der Waals surface area contributed by atoms with Gasteiger partial charge in [-0.3, -0.25) is 19.2 Å². The van der Waals surface area contributed by atoms with E-state index in [0.717, 1.165) is 11.1 Å². The van der Waals surface area contributed by atoms with E-state index >= 15 is 0 Å². The van der Waals surface area contributed by atoms with Crippen LogP contribution in [0.1, 0.15) is 70.6 Å². The Morgan fingerprint density at radius 2 is 0.833 bits per heavy atom. The molecule has 2 atom stereocenters. The van der Waals surface area contributed by atoms with E-state index in [1.807, 2.05) is 74.5 Å². The maximum absolute atomic E-state index is 12.6. The minimum absolute atomic E-state index is 0.0134. The average molecular weight is 563 g/mol. The summed E-state index contributed by atoms with van der Waals surface area (Å²) in [5.41, 5.74) is 4.03. The highest BCUT2D eigenvalue weighted by molar-refractivity contribution is 5.99. The van der Waals surface area contributed by atoms with Crippen molar-refractivity contribution in [1.82, 2.24) is 10.6 Å². The summed E-state index contributed by atoms with van der Waals surface area (Å²) in [6.45, 7) is 3.83. The lowest BCUT2D eigenvalue weighted by Crippen LogP contribution is -2.26. The quantitative estimate of drug-likeness (QED) is 0.179. The highest BCUT2D eigenvalue weighted by atomic mass is 16.2. The highest BCUT2D eigenvalue weighted by Gasteiger charge is 2.14. The number of anilines is 2. The Morgan fingerprint density at radius 1 is 0.500 bits per heavy atom. The van der Waals surface area contributed by atoms with Gasteiger partial charge in [0.25, 0.3) is 11.8 Å². The maximum atomic E-state index is 12.6. The number of nitrogens with one attached hydrogen (secondary N) is 4. The molecule has 8 heteroatoms. The lowest BCUT2D eigenvalue weighted by atomic mass is 10.1. The van der Waals surface area contributed by atoms with Crippen LogP contribution in [0.5, 0.6) is 0 Å². The van der Waals surface area contributed by atoms with Crippen LogP contribution in [0, 0.1) is 0 Å². The summed E-state index contributed by atoms with van der Waals surface area (Å²) in [4.78, 5) is 49.9. The molecule has 0 aliphatic rings. The zero-order chi connectivity index (χ0) is 29.9. The third-order valence-corrected chi connectivity index (χ3v) is 6.74. The maximum Gasteiger partial charge on any atom is 0.251 e. The van der Waals surface area contributed by atoms with Crippen LogP contribution in [0.4, 0.5) is 11.4 Å². The van der Waals surface area contributed by atoms with Gasteiger partial charge in [0.1, 0.15) is 0 Å². The number of amides is 4. The van der Waals surface area contributed by atoms with E-state index in [2.05, 4.69) is 21.3 Å². The topological polar surface area (TPSA) is 116 Å². The molecule has 0 saturated heterocycles. The van der Waals surface area contributed by atoms with Crippen LogP contribution in [0.15, 0.2) is 109 Å². The molecule has 0 aliphatic heterocycles. The second-order valence-corrected chi connectivity index (χ2v) is 9.96. The predicted molar refractivity (Wildman–Crippen MR) is 164 cm³/mol. The molecule has 0 saturated carbocycles. The molecule has 4 aromatic carbocycles. The van der Waals surface area contributed by atoms with E-state index in [0.29, 0.717) is 22.5 Å². The van der Waals surface area contributed by atoms with Gasteiger partial charge in [-0.15, -0.1) is 0 Å². The summed E-state index contributed by atoms with van der Waals surface area (Å²) in [6, 6.07) is 32.2. The van der Waals surface area contributed by atoms with Crippen LogP contribution < -0.4 is 21.3 Å². The lowest BCUT2D eigenvalue weighted by Gasteiger charge is -2.14. The van der Waals surface area contributed by atoms with Crippen molar-refractivity contribution in [3.05, 3.63) is 131 Å². The number of hydrogen-bond acceptors (Lipinski definition) is 4. The Balaban J connectivity index is 1.19. The number of carbonyl (C=O) groups excluding carboxylic acids is 4. The Morgan fingerprint density at radius 3 is 1.17 bits per heavy atom. The van der Waals surface area contributed by atoms with E-state index < -0.39 is 0 Å². The van der Waals surface area contributed by atoms with Crippen molar-refractivity contribution in [2.45, 2.75) is 38.8 Å². The first kappa shape index (κ1) is 29.7. The predicted octanol–water partition coefficient (Wildman–Crippen LogP) is 6.03. The first-order valence-corrected chi connectivity index (χ1v) is 13.8. The molecular formula is C34H34N4O4. The van der Waals surface area contributed by atoms with E-state index in [1.54, 1.807) is 48.5 Å². The van der Waals surface area contributed by atoms with Gasteiger partial charge in [-0.1, -0.05) is 60.7 Å². The van der Waals surface area contributed by atoms with Crippen molar-refractivity contribution in [3.63, 3.8) is 0 Å². The SMILES string of the molecule is CC(NC(=O)c1ccc(NC(=O)CCC(=O)Nc2ccc(C(=O)NC(C)c3ccccc3)cc2)cc1)c1ccccc1. The van der Waals surface area contributed by atoms with Crippen LogP contribution in [0.25, 0.3) is 0 Å². The highest BCUT2D eigenvalue weighted by Crippen LogP contribution is 2.16. The van der Waals surface area contributed by atoms with Gasteiger partial charge >= 0.3 is 0 Å². The summed E-state index contributed by atoms with van der Waals surface area (Å²) in [5, 5.41) is 11.4. The summed E-state index contributed by atoms with van der Waals surface area (Å²) in [6.07, 6.45) is -0.0267. The van der Waals surface area contributed by atoms with Crippen molar-refractivity contribution < 1.29 is 19.2 Å². The van der Waals surface area contributed by atoms with Gasteiger partial charge in [0.15, 0.2) is 0 Å². The lowest BCUT2D eigenvalue weighted by molar-refractivity contribution is -0.121. The van der Waals surface area contributed by atoms with Gasteiger partial charge in [-0.05, 0) is 73.5 Å². The monoisotopic (exact) mass is 562 g/mol. The molecule has 0 bridgehead atoms. The van der Waals surface area contributed by atoms with Crippen molar-refractivity contribution in [1.29, 1.82) is 0 Å². The van der Waals surface area contributed by atoms with Crippen LogP contribution in [0.2, 0.25) is 0 Å². The third-order valence-electron chi connectivity index (χ3n) is 6.74.